The number of nitrogens with zero attached hydrogens (tertiary/aromatic N) is 2. The summed E-state index contributed by atoms with van der Waals surface area (Å²) in [6.07, 6.45) is 0. The Morgan fingerprint density at radius 1 is 0.788 bits per heavy atom. The molecule has 0 aromatic heterocycles. The Labute approximate surface area is 189 Å². The molecule has 3 N–H and O–H groups in total. The van der Waals surface area contributed by atoms with E-state index >= 15 is 0 Å². The first-order chi connectivity index (χ1) is 15.6. The maximum Gasteiger partial charge on any atom is 0.208 e. The number of azo groups is 1. The summed E-state index contributed by atoms with van der Waals surface area (Å²) in [7, 11) is -8.70. The molecule has 0 fully saturated rings. The number of nitrogen functional groups attached to an aromatic ring is 1. The monoisotopic (exact) mass is 482 g/mol. The van der Waals surface area contributed by atoms with Gasteiger partial charge in [0.25, 0.3) is 0 Å². The molecule has 11 heteroatoms. The quantitative estimate of drug-likeness (QED) is 0.243. The zero-order chi connectivity index (χ0) is 23.8. The fraction of sp³-hybridized carbons (Fsp3) is 0. The molecule has 0 aliphatic carbocycles. The van der Waals surface area contributed by atoms with E-state index in [2.05, 4.69) is 10.2 Å². The van der Waals surface area contributed by atoms with Crippen LogP contribution >= 0.6 is 0 Å². The van der Waals surface area contributed by atoms with E-state index in [1.165, 1.54) is 36.4 Å². The first kappa shape index (κ1) is 22.4. The summed E-state index contributed by atoms with van der Waals surface area (Å²) in [4.78, 5) is -0.608. The van der Waals surface area contributed by atoms with Crippen molar-refractivity contribution in [3.05, 3.63) is 78.9 Å². The van der Waals surface area contributed by atoms with Gasteiger partial charge < -0.3 is 15.4 Å². The Bertz CT molecular complexity index is 1620. The lowest BCUT2D eigenvalue weighted by Gasteiger charge is -2.12. The van der Waals surface area contributed by atoms with E-state index < -0.39 is 30.6 Å². The number of fused-ring (bicyclic) bond motifs is 1. The van der Waals surface area contributed by atoms with E-state index in [1.54, 1.807) is 30.3 Å². The number of hydrogen-bond donors (Lipinski definition) is 2. The summed E-state index contributed by atoms with van der Waals surface area (Å²) in [5, 5.41) is 18.8. The van der Waals surface area contributed by atoms with Gasteiger partial charge in [-0.25, -0.2) is 16.8 Å². The van der Waals surface area contributed by atoms with Crippen molar-refractivity contribution in [2.45, 2.75) is 14.7 Å². The van der Waals surface area contributed by atoms with E-state index in [0.717, 1.165) is 12.1 Å². The molecular formula is C22H16N3O6S2-. The number of phenolic OH excluding ortho intramolecular Hbond substituents is 1. The highest BCUT2D eigenvalue weighted by atomic mass is 32.2. The van der Waals surface area contributed by atoms with E-state index in [9.17, 15) is 26.5 Å². The molecule has 0 amide bonds. The zero-order valence-electron chi connectivity index (χ0n) is 16.8. The van der Waals surface area contributed by atoms with Gasteiger partial charge >= 0.3 is 0 Å². The largest absolute Gasteiger partial charge is 0.744 e. The molecule has 0 unspecified atom stereocenters. The normalized spacial score (nSPS) is 12.4. The minimum atomic E-state index is -4.81. The molecule has 33 heavy (non-hydrogen) atoms. The van der Waals surface area contributed by atoms with Gasteiger partial charge in [-0.2, -0.15) is 0 Å². The summed E-state index contributed by atoms with van der Waals surface area (Å²) in [6, 6.07) is 18.6. The number of sulfone groups is 1. The van der Waals surface area contributed by atoms with Crippen LogP contribution in [0.2, 0.25) is 0 Å². The molecule has 0 bridgehead atoms. The van der Waals surface area contributed by atoms with Gasteiger partial charge in [0, 0.05) is 0 Å². The number of hydrogen-bond acceptors (Lipinski definition) is 9. The Kier molecular flexibility index (Phi) is 5.62. The van der Waals surface area contributed by atoms with Gasteiger partial charge in [-0.15, -0.1) is 10.2 Å². The molecule has 0 atom stereocenters. The highest BCUT2D eigenvalue weighted by Crippen LogP contribution is 2.41. The second-order valence-corrected chi connectivity index (χ2v) is 10.3. The van der Waals surface area contributed by atoms with Crippen LogP contribution in [0.15, 0.2) is 104 Å². The molecule has 4 aromatic carbocycles. The fourth-order valence-corrected chi connectivity index (χ4v) is 5.20. The van der Waals surface area contributed by atoms with E-state index in [1.807, 2.05) is 0 Å². The van der Waals surface area contributed by atoms with Crippen LogP contribution in [0.5, 0.6) is 5.75 Å². The van der Waals surface area contributed by atoms with Crippen LogP contribution < -0.4 is 5.73 Å². The van der Waals surface area contributed by atoms with Crippen molar-refractivity contribution in [1.82, 2.24) is 0 Å². The molecule has 0 radical (unpaired) electrons. The number of phenols is 1. The Hall–Kier alpha value is -3.80. The van der Waals surface area contributed by atoms with Crippen molar-refractivity contribution >= 4 is 47.8 Å². The standard InChI is InChI=1S/C22H17N3O6S2/c23-17-11-10-14-12-16(33(29,30)31)13-19(26)21(14)22(17)25-24-18-8-4-5-9-20(18)32(27,28)15-6-2-1-3-7-15/h1-13,26H,23H2,(H,29,30,31)/p-1. The topological polar surface area (TPSA) is 162 Å². The lowest BCUT2D eigenvalue weighted by atomic mass is 10.1. The zero-order valence-corrected chi connectivity index (χ0v) is 18.4. The molecule has 4 aromatic rings. The van der Waals surface area contributed by atoms with Crippen molar-refractivity contribution in [2.24, 2.45) is 10.2 Å². The highest BCUT2D eigenvalue weighted by Gasteiger charge is 2.21. The highest BCUT2D eigenvalue weighted by molar-refractivity contribution is 7.91. The van der Waals surface area contributed by atoms with Crippen LogP contribution in [-0.2, 0) is 20.0 Å². The molecule has 168 valence electrons. The maximum absolute atomic E-state index is 13.1. The van der Waals surface area contributed by atoms with Gasteiger partial charge in [0.05, 0.1) is 25.8 Å². The SMILES string of the molecule is Nc1ccc2cc(S(=O)(=O)[O-])cc(O)c2c1N=Nc1ccccc1S(=O)(=O)c1ccccc1. The molecule has 0 spiro atoms. The van der Waals surface area contributed by atoms with Crippen LogP contribution in [0, 0.1) is 0 Å². The fourth-order valence-electron chi connectivity index (χ4n) is 3.26. The smallest absolute Gasteiger partial charge is 0.208 e. The number of anilines is 1. The summed E-state index contributed by atoms with van der Waals surface area (Å²) in [6.45, 7) is 0. The van der Waals surface area contributed by atoms with Crippen LogP contribution in [-0.4, -0.2) is 26.5 Å². The van der Waals surface area contributed by atoms with Gasteiger partial charge in [-0.05, 0) is 47.9 Å². The number of aromatic hydroxyl groups is 1. The average molecular weight is 483 g/mol. The van der Waals surface area contributed by atoms with Crippen LogP contribution in [0.1, 0.15) is 0 Å². The summed E-state index contributed by atoms with van der Waals surface area (Å²) >= 11 is 0. The summed E-state index contributed by atoms with van der Waals surface area (Å²) < 4.78 is 60.2. The van der Waals surface area contributed by atoms with Crippen molar-refractivity contribution in [3.63, 3.8) is 0 Å². The summed E-state index contributed by atoms with van der Waals surface area (Å²) in [5.41, 5.74) is 6.13. The van der Waals surface area contributed by atoms with Gasteiger partial charge in [-0.3, -0.25) is 0 Å². The molecule has 0 saturated carbocycles. The molecule has 0 aliphatic heterocycles. The Morgan fingerprint density at radius 2 is 1.45 bits per heavy atom. The predicted molar refractivity (Wildman–Crippen MR) is 121 cm³/mol. The molecule has 0 saturated heterocycles. The minimum absolute atomic E-state index is 0.00763. The summed E-state index contributed by atoms with van der Waals surface area (Å²) in [5.74, 6) is -0.534. The first-order valence-corrected chi connectivity index (χ1v) is 12.3. The third kappa shape index (κ3) is 4.29. The molecule has 9 nitrogen and oxygen atoms in total. The third-order valence-corrected chi connectivity index (χ3v) is 7.46. The van der Waals surface area contributed by atoms with Gasteiger partial charge in [-0.1, -0.05) is 36.4 Å². The third-order valence-electron chi connectivity index (χ3n) is 4.83. The first-order valence-electron chi connectivity index (χ1n) is 9.41. The van der Waals surface area contributed by atoms with E-state index in [4.69, 9.17) is 5.73 Å². The minimum Gasteiger partial charge on any atom is -0.744 e. The van der Waals surface area contributed by atoms with Gasteiger partial charge in [0.2, 0.25) is 9.84 Å². The van der Waals surface area contributed by atoms with Crippen molar-refractivity contribution in [3.8, 4) is 5.75 Å². The van der Waals surface area contributed by atoms with Crippen molar-refractivity contribution in [1.29, 1.82) is 0 Å². The van der Waals surface area contributed by atoms with Crippen LogP contribution in [0.3, 0.4) is 0 Å². The molecule has 4 rings (SSSR count). The van der Waals surface area contributed by atoms with Crippen LogP contribution in [0.4, 0.5) is 17.1 Å². The van der Waals surface area contributed by atoms with E-state index in [0.29, 0.717) is 0 Å². The lowest BCUT2D eigenvalue weighted by Crippen LogP contribution is -2.01. The van der Waals surface area contributed by atoms with Crippen LogP contribution in [0.25, 0.3) is 10.8 Å². The lowest BCUT2D eigenvalue weighted by molar-refractivity contribution is 0.458. The molecular weight excluding hydrogens is 466 g/mol. The maximum atomic E-state index is 13.1. The number of nitrogens with two attached hydrogens (primary N) is 1. The molecule has 0 aliphatic rings. The second kappa shape index (κ2) is 8.28. The molecule has 0 heterocycles. The Balaban J connectivity index is 1.87. The average Bonchev–Trinajstić information content (AvgIpc) is 2.78. The van der Waals surface area contributed by atoms with Crippen molar-refractivity contribution in [2.75, 3.05) is 5.73 Å². The van der Waals surface area contributed by atoms with Crippen molar-refractivity contribution < 1.29 is 26.5 Å². The predicted octanol–water partition coefficient (Wildman–Crippen LogP) is 4.28. The Morgan fingerprint density at radius 3 is 2.15 bits per heavy atom. The number of benzene rings is 4. The second-order valence-electron chi connectivity index (χ2n) is 6.98. The van der Waals surface area contributed by atoms with Gasteiger partial charge in [0.15, 0.2) is 0 Å². The number of rotatable bonds is 5. The van der Waals surface area contributed by atoms with Gasteiger partial charge in [0.1, 0.15) is 27.2 Å². The van der Waals surface area contributed by atoms with E-state index in [-0.39, 0.29) is 37.6 Å².